The number of carbonyl (C=O) groups is 2. The molecule has 1 saturated heterocycles. The number of amides is 1. The van der Waals surface area contributed by atoms with Crippen LogP contribution in [-0.4, -0.2) is 54.7 Å². The van der Waals surface area contributed by atoms with Gasteiger partial charge in [-0.2, -0.15) is 0 Å². The maximum absolute atomic E-state index is 12.9. The summed E-state index contributed by atoms with van der Waals surface area (Å²) >= 11 is 0. The third kappa shape index (κ3) is 4.92. The van der Waals surface area contributed by atoms with E-state index >= 15 is 0 Å². The molecule has 24 heavy (non-hydrogen) atoms. The number of hydrogen-bond acceptors (Lipinski definition) is 4. The highest BCUT2D eigenvalue weighted by Gasteiger charge is 2.38. The molecule has 0 unspecified atom stereocenters. The van der Waals surface area contributed by atoms with Crippen molar-refractivity contribution in [2.24, 2.45) is 5.92 Å². The first-order valence-electron chi connectivity index (χ1n) is 8.87. The van der Waals surface area contributed by atoms with E-state index in [-0.39, 0.29) is 11.7 Å². The molecule has 2 N–H and O–H groups in total. The van der Waals surface area contributed by atoms with E-state index in [2.05, 4.69) is 4.72 Å². The Kier molecular flexibility index (Phi) is 6.62. The van der Waals surface area contributed by atoms with Gasteiger partial charge in [0.05, 0.1) is 5.75 Å². The largest absolute Gasteiger partial charge is 0.480 e. The van der Waals surface area contributed by atoms with Gasteiger partial charge in [-0.3, -0.25) is 4.79 Å². The fraction of sp³-hybridized carbons (Fsp3) is 0.875. The van der Waals surface area contributed by atoms with Gasteiger partial charge in [-0.05, 0) is 32.1 Å². The van der Waals surface area contributed by atoms with Crippen LogP contribution >= 0.6 is 0 Å². The summed E-state index contributed by atoms with van der Waals surface area (Å²) in [6, 6.07) is -1.68. The van der Waals surface area contributed by atoms with Crippen molar-refractivity contribution in [1.82, 2.24) is 9.62 Å². The molecular weight excluding hydrogens is 332 g/mol. The molecule has 1 aliphatic heterocycles. The van der Waals surface area contributed by atoms with E-state index in [4.69, 9.17) is 0 Å². The molecule has 138 valence electrons. The minimum absolute atomic E-state index is 0.0934. The van der Waals surface area contributed by atoms with E-state index in [0.29, 0.717) is 31.7 Å². The molecule has 0 aromatic heterocycles. The number of likely N-dealkylation sites (tertiary alicyclic amines) is 1. The van der Waals surface area contributed by atoms with Gasteiger partial charge >= 0.3 is 5.97 Å². The summed E-state index contributed by atoms with van der Waals surface area (Å²) < 4.78 is 26.5. The van der Waals surface area contributed by atoms with Crippen LogP contribution in [0.25, 0.3) is 0 Å². The minimum Gasteiger partial charge on any atom is -0.480 e. The maximum atomic E-state index is 12.9. The zero-order valence-electron chi connectivity index (χ0n) is 14.2. The van der Waals surface area contributed by atoms with Gasteiger partial charge < -0.3 is 10.0 Å². The van der Waals surface area contributed by atoms with Crippen LogP contribution in [0.15, 0.2) is 0 Å². The Hall–Kier alpha value is -1.15. The van der Waals surface area contributed by atoms with Crippen LogP contribution in [-0.2, 0) is 19.6 Å². The van der Waals surface area contributed by atoms with Crippen molar-refractivity contribution in [2.45, 2.75) is 70.4 Å². The molecule has 7 nitrogen and oxygen atoms in total. The minimum atomic E-state index is -3.53. The monoisotopic (exact) mass is 360 g/mol. The molecule has 8 heteroatoms. The second kappa shape index (κ2) is 8.29. The highest BCUT2D eigenvalue weighted by Crippen LogP contribution is 2.29. The Morgan fingerprint density at radius 2 is 1.83 bits per heavy atom. The topological polar surface area (TPSA) is 104 Å². The molecule has 1 saturated carbocycles. The predicted octanol–water partition coefficient (Wildman–Crippen LogP) is 1.34. The number of rotatable bonds is 7. The fourth-order valence-corrected chi connectivity index (χ4v) is 4.54. The Morgan fingerprint density at radius 1 is 1.17 bits per heavy atom. The van der Waals surface area contributed by atoms with Crippen molar-refractivity contribution < 1.29 is 23.1 Å². The zero-order chi connectivity index (χ0) is 17.7. The Labute approximate surface area is 143 Å². The van der Waals surface area contributed by atoms with E-state index in [0.717, 1.165) is 25.7 Å². The summed E-state index contributed by atoms with van der Waals surface area (Å²) in [4.78, 5) is 25.5. The number of sulfonamides is 1. The summed E-state index contributed by atoms with van der Waals surface area (Å²) in [5, 5.41) is 9.28. The fourth-order valence-electron chi connectivity index (χ4n) is 3.74. The number of carboxylic acids is 1. The summed E-state index contributed by atoms with van der Waals surface area (Å²) in [5.74, 6) is -1.18. The Balaban J connectivity index is 2.13. The lowest BCUT2D eigenvalue weighted by Crippen LogP contribution is -2.52. The molecule has 2 rings (SSSR count). The van der Waals surface area contributed by atoms with E-state index in [1.54, 1.807) is 0 Å². The molecule has 0 aromatic carbocycles. The van der Waals surface area contributed by atoms with Crippen molar-refractivity contribution >= 4 is 21.9 Å². The molecule has 0 bridgehead atoms. The lowest BCUT2D eigenvalue weighted by Gasteiger charge is -2.30. The molecule has 1 amide bonds. The van der Waals surface area contributed by atoms with Crippen LogP contribution < -0.4 is 4.72 Å². The van der Waals surface area contributed by atoms with Crippen molar-refractivity contribution in [1.29, 1.82) is 0 Å². The number of hydrogen-bond donors (Lipinski definition) is 2. The summed E-state index contributed by atoms with van der Waals surface area (Å²) in [6.07, 6.45) is 6.92. The van der Waals surface area contributed by atoms with Gasteiger partial charge in [0.25, 0.3) is 0 Å². The van der Waals surface area contributed by atoms with Crippen LogP contribution in [0.1, 0.15) is 58.3 Å². The van der Waals surface area contributed by atoms with E-state index in [9.17, 15) is 23.1 Å². The first-order valence-corrected chi connectivity index (χ1v) is 10.5. The lowest BCUT2D eigenvalue weighted by atomic mass is 9.84. The molecule has 0 aromatic rings. The normalized spacial score (nSPS) is 24.0. The smallest absolute Gasteiger partial charge is 0.326 e. The number of carbonyl (C=O) groups excluding carboxylic acids is 1. The molecule has 2 atom stereocenters. The summed E-state index contributed by atoms with van der Waals surface area (Å²) in [5.41, 5.74) is 0. The van der Waals surface area contributed by atoms with Crippen molar-refractivity contribution in [2.75, 3.05) is 12.3 Å². The van der Waals surface area contributed by atoms with Crippen molar-refractivity contribution in [3.05, 3.63) is 0 Å². The molecular formula is C16H28N2O5S. The average molecular weight is 360 g/mol. The first kappa shape index (κ1) is 19.2. The van der Waals surface area contributed by atoms with Gasteiger partial charge in [-0.1, -0.05) is 32.1 Å². The molecule has 2 aliphatic rings. The van der Waals surface area contributed by atoms with Crippen LogP contribution in [0.5, 0.6) is 0 Å². The van der Waals surface area contributed by atoms with E-state index in [1.165, 1.54) is 18.2 Å². The average Bonchev–Trinajstić information content (AvgIpc) is 3.04. The standard InChI is InChI=1S/C16H28N2O5S/c1-2-24(22,23)17-13(11-12-7-4-3-5-8-12)15(19)18-10-6-9-14(18)16(20)21/h12-14,17H,2-11H2,1H3,(H,20,21)/t13-,14+/m1/s1. The summed E-state index contributed by atoms with van der Waals surface area (Å²) in [6.45, 7) is 1.91. The van der Waals surface area contributed by atoms with Crippen molar-refractivity contribution in [3.63, 3.8) is 0 Å². The highest BCUT2D eigenvalue weighted by molar-refractivity contribution is 7.89. The van der Waals surface area contributed by atoms with Gasteiger partial charge in [-0.25, -0.2) is 17.9 Å². The van der Waals surface area contributed by atoms with Crippen LogP contribution in [0, 0.1) is 5.92 Å². The van der Waals surface area contributed by atoms with Crippen LogP contribution in [0.4, 0.5) is 0 Å². The second-order valence-corrected chi connectivity index (χ2v) is 8.88. The third-order valence-electron chi connectivity index (χ3n) is 5.11. The number of aliphatic carboxylic acids is 1. The van der Waals surface area contributed by atoms with Crippen LogP contribution in [0.3, 0.4) is 0 Å². The molecule has 1 heterocycles. The lowest BCUT2D eigenvalue weighted by molar-refractivity contribution is -0.149. The van der Waals surface area contributed by atoms with Gasteiger partial charge in [-0.15, -0.1) is 0 Å². The second-order valence-electron chi connectivity index (χ2n) is 6.84. The van der Waals surface area contributed by atoms with Gasteiger partial charge in [0.1, 0.15) is 12.1 Å². The summed E-state index contributed by atoms with van der Waals surface area (Å²) in [7, 11) is -3.53. The zero-order valence-corrected chi connectivity index (χ0v) is 15.1. The van der Waals surface area contributed by atoms with Gasteiger partial charge in [0.2, 0.25) is 15.9 Å². The van der Waals surface area contributed by atoms with Crippen LogP contribution in [0.2, 0.25) is 0 Å². The number of carboxylic acid groups (broad SMARTS) is 1. The SMILES string of the molecule is CCS(=O)(=O)N[C@H](CC1CCCCC1)C(=O)N1CCC[C@H]1C(=O)O. The molecule has 2 fully saturated rings. The quantitative estimate of drug-likeness (QED) is 0.713. The maximum Gasteiger partial charge on any atom is 0.326 e. The van der Waals surface area contributed by atoms with E-state index in [1.807, 2.05) is 0 Å². The number of nitrogens with one attached hydrogen (secondary N) is 1. The molecule has 0 spiro atoms. The number of nitrogens with zero attached hydrogens (tertiary/aromatic N) is 1. The molecule has 1 aliphatic carbocycles. The van der Waals surface area contributed by atoms with Gasteiger partial charge in [0, 0.05) is 6.54 Å². The highest BCUT2D eigenvalue weighted by atomic mass is 32.2. The van der Waals surface area contributed by atoms with E-state index < -0.39 is 28.1 Å². The predicted molar refractivity (Wildman–Crippen MR) is 89.9 cm³/mol. The van der Waals surface area contributed by atoms with Gasteiger partial charge in [0.15, 0.2) is 0 Å². The third-order valence-corrected chi connectivity index (χ3v) is 6.52. The first-order chi connectivity index (χ1) is 11.3. The Morgan fingerprint density at radius 3 is 2.42 bits per heavy atom. The van der Waals surface area contributed by atoms with Crippen molar-refractivity contribution in [3.8, 4) is 0 Å². The Bertz CT molecular complexity index is 557. The molecule has 0 radical (unpaired) electrons.